The fraction of sp³-hybridized carbons (Fsp3) is 0.857. The monoisotopic (exact) mass is 410 g/mol. The average molecular weight is 411 g/mol. The van der Waals surface area contributed by atoms with Gasteiger partial charge in [0.05, 0.1) is 0 Å². The molecule has 0 aliphatic carbocycles. The molecule has 8 heteroatoms. The minimum absolute atomic E-state index is 0.0323. The quantitative estimate of drug-likeness (QED) is 0.771. The molecule has 2 rings (SSSR count). The lowest BCUT2D eigenvalue weighted by molar-refractivity contribution is -0.135. The van der Waals surface area contributed by atoms with Crippen LogP contribution in [0.25, 0.3) is 0 Å². The standard InChI is InChI=1S/C21H38N4O4/c1-16(2)13-25(18(22)27)14-17(26)23-11-8-21(9-12-23)7-6-10-24(15-21)19(28)29-20(3,4)5/h16H,6-15H2,1-5H3,(H2,22,27). The van der Waals surface area contributed by atoms with E-state index in [0.29, 0.717) is 26.2 Å². The maximum absolute atomic E-state index is 12.7. The molecule has 0 radical (unpaired) electrons. The first kappa shape index (κ1) is 23.3. The van der Waals surface area contributed by atoms with E-state index in [0.717, 1.165) is 32.2 Å². The third kappa shape index (κ3) is 6.78. The molecule has 2 aliphatic rings. The summed E-state index contributed by atoms with van der Waals surface area (Å²) in [5.41, 5.74) is 4.98. The van der Waals surface area contributed by atoms with E-state index in [1.165, 1.54) is 4.90 Å². The van der Waals surface area contributed by atoms with E-state index in [1.54, 1.807) is 0 Å². The lowest BCUT2D eigenvalue weighted by atomic mass is 9.72. The molecule has 0 aromatic heterocycles. The van der Waals surface area contributed by atoms with Crippen molar-refractivity contribution in [1.29, 1.82) is 0 Å². The van der Waals surface area contributed by atoms with Crippen LogP contribution in [0.1, 0.15) is 60.3 Å². The molecule has 0 aromatic carbocycles. The van der Waals surface area contributed by atoms with Crippen LogP contribution in [0.3, 0.4) is 0 Å². The molecule has 1 spiro atoms. The van der Waals surface area contributed by atoms with Gasteiger partial charge in [-0.25, -0.2) is 9.59 Å². The molecule has 4 amide bonds. The Labute approximate surface area is 174 Å². The Kier molecular flexibility index (Phi) is 7.40. The topological polar surface area (TPSA) is 96.2 Å². The molecule has 0 unspecified atom stereocenters. The van der Waals surface area contributed by atoms with Gasteiger partial charge in [0.2, 0.25) is 5.91 Å². The van der Waals surface area contributed by atoms with Gasteiger partial charge in [0, 0.05) is 32.7 Å². The molecule has 2 saturated heterocycles. The first-order valence-corrected chi connectivity index (χ1v) is 10.7. The summed E-state index contributed by atoms with van der Waals surface area (Å²) < 4.78 is 5.54. The minimum Gasteiger partial charge on any atom is -0.444 e. The summed E-state index contributed by atoms with van der Waals surface area (Å²) in [4.78, 5) is 41.9. The van der Waals surface area contributed by atoms with Gasteiger partial charge in [0.1, 0.15) is 12.1 Å². The highest BCUT2D eigenvalue weighted by atomic mass is 16.6. The Hall–Kier alpha value is -1.99. The molecule has 29 heavy (non-hydrogen) atoms. The van der Waals surface area contributed by atoms with E-state index in [4.69, 9.17) is 10.5 Å². The molecular formula is C21H38N4O4. The van der Waals surface area contributed by atoms with Crippen LogP contribution in [0.2, 0.25) is 0 Å². The highest BCUT2D eigenvalue weighted by Gasteiger charge is 2.41. The van der Waals surface area contributed by atoms with Crippen molar-refractivity contribution in [2.75, 3.05) is 39.3 Å². The number of ether oxygens (including phenoxy) is 1. The first-order valence-electron chi connectivity index (χ1n) is 10.7. The number of carbonyl (C=O) groups excluding carboxylic acids is 3. The fourth-order valence-electron chi connectivity index (χ4n) is 4.27. The number of hydrogen-bond donors (Lipinski definition) is 1. The number of piperidine rings is 2. The van der Waals surface area contributed by atoms with Crippen LogP contribution in [0.5, 0.6) is 0 Å². The second kappa shape index (κ2) is 9.22. The molecule has 2 fully saturated rings. The van der Waals surface area contributed by atoms with Gasteiger partial charge in [-0.15, -0.1) is 0 Å². The molecule has 0 atom stereocenters. The van der Waals surface area contributed by atoms with Crippen LogP contribution in [0.15, 0.2) is 0 Å². The maximum Gasteiger partial charge on any atom is 0.410 e. The first-order chi connectivity index (χ1) is 13.4. The smallest absolute Gasteiger partial charge is 0.410 e. The number of likely N-dealkylation sites (tertiary alicyclic amines) is 2. The van der Waals surface area contributed by atoms with Crippen molar-refractivity contribution in [2.24, 2.45) is 17.1 Å². The number of hydrogen-bond acceptors (Lipinski definition) is 4. The predicted octanol–water partition coefficient (Wildman–Crippen LogP) is 2.66. The second-order valence-corrected chi connectivity index (χ2v) is 10.00. The summed E-state index contributed by atoms with van der Waals surface area (Å²) in [6.07, 6.45) is 3.49. The summed E-state index contributed by atoms with van der Waals surface area (Å²) in [6.45, 7) is 12.8. The Bertz CT molecular complexity index is 606. The van der Waals surface area contributed by atoms with Crippen LogP contribution < -0.4 is 5.73 Å². The van der Waals surface area contributed by atoms with Crippen molar-refractivity contribution in [2.45, 2.75) is 65.9 Å². The van der Waals surface area contributed by atoms with E-state index in [9.17, 15) is 14.4 Å². The molecule has 2 aliphatic heterocycles. The largest absolute Gasteiger partial charge is 0.444 e. The highest BCUT2D eigenvalue weighted by Crippen LogP contribution is 2.40. The molecule has 2 heterocycles. The zero-order valence-corrected chi connectivity index (χ0v) is 18.7. The number of carbonyl (C=O) groups is 3. The number of nitrogens with zero attached hydrogens (tertiary/aromatic N) is 3. The lowest BCUT2D eigenvalue weighted by Gasteiger charge is -2.47. The van der Waals surface area contributed by atoms with Crippen LogP contribution in [-0.2, 0) is 9.53 Å². The Morgan fingerprint density at radius 2 is 1.69 bits per heavy atom. The summed E-state index contributed by atoms with van der Waals surface area (Å²) in [5, 5.41) is 0. The van der Waals surface area contributed by atoms with E-state index >= 15 is 0 Å². The lowest BCUT2D eigenvalue weighted by Crippen LogP contribution is -2.54. The minimum atomic E-state index is -0.555. The maximum atomic E-state index is 12.7. The second-order valence-electron chi connectivity index (χ2n) is 10.00. The van der Waals surface area contributed by atoms with Gasteiger partial charge in [-0.1, -0.05) is 13.8 Å². The van der Waals surface area contributed by atoms with Crippen molar-refractivity contribution in [1.82, 2.24) is 14.7 Å². The normalized spacial score (nSPS) is 19.4. The van der Waals surface area contributed by atoms with Crippen LogP contribution >= 0.6 is 0 Å². The van der Waals surface area contributed by atoms with Gasteiger partial charge in [-0.2, -0.15) is 0 Å². The molecule has 0 aromatic rings. The van der Waals surface area contributed by atoms with E-state index in [1.807, 2.05) is 44.4 Å². The molecule has 0 saturated carbocycles. The number of urea groups is 1. The zero-order valence-electron chi connectivity index (χ0n) is 18.7. The number of nitrogens with two attached hydrogens (primary N) is 1. The molecule has 2 N–H and O–H groups in total. The van der Waals surface area contributed by atoms with Crippen LogP contribution in [0, 0.1) is 11.3 Å². The van der Waals surface area contributed by atoms with Crippen molar-refractivity contribution in [3.05, 3.63) is 0 Å². The van der Waals surface area contributed by atoms with Crippen LogP contribution in [-0.4, -0.2) is 77.6 Å². The fourth-order valence-corrected chi connectivity index (χ4v) is 4.27. The third-order valence-corrected chi connectivity index (χ3v) is 5.71. The van der Waals surface area contributed by atoms with Crippen molar-refractivity contribution in [3.63, 3.8) is 0 Å². The van der Waals surface area contributed by atoms with E-state index in [-0.39, 0.29) is 29.9 Å². The van der Waals surface area contributed by atoms with Gasteiger partial charge in [-0.3, -0.25) is 4.79 Å². The third-order valence-electron chi connectivity index (χ3n) is 5.71. The highest BCUT2D eigenvalue weighted by molar-refractivity contribution is 5.83. The Balaban J connectivity index is 1.90. The number of amides is 4. The zero-order chi connectivity index (χ0) is 21.8. The molecule has 166 valence electrons. The van der Waals surface area contributed by atoms with Gasteiger partial charge in [0.25, 0.3) is 0 Å². The van der Waals surface area contributed by atoms with Gasteiger partial charge >= 0.3 is 12.1 Å². The van der Waals surface area contributed by atoms with Gasteiger partial charge in [-0.05, 0) is 57.8 Å². The van der Waals surface area contributed by atoms with Gasteiger partial charge < -0.3 is 25.2 Å². The summed E-state index contributed by atoms with van der Waals surface area (Å²) in [5.74, 6) is 0.195. The summed E-state index contributed by atoms with van der Waals surface area (Å²) in [6, 6.07) is -0.555. The summed E-state index contributed by atoms with van der Waals surface area (Å²) >= 11 is 0. The summed E-state index contributed by atoms with van der Waals surface area (Å²) in [7, 11) is 0. The molecular weight excluding hydrogens is 372 g/mol. The Morgan fingerprint density at radius 1 is 1.07 bits per heavy atom. The predicted molar refractivity (Wildman–Crippen MR) is 111 cm³/mol. The van der Waals surface area contributed by atoms with Crippen molar-refractivity contribution in [3.8, 4) is 0 Å². The van der Waals surface area contributed by atoms with Crippen molar-refractivity contribution < 1.29 is 19.1 Å². The number of rotatable bonds is 4. The van der Waals surface area contributed by atoms with Crippen LogP contribution in [0.4, 0.5) is 9.59 Å². The van der Waals surface area contributed by atoms with Gasteiger partial charge in [0.15, 0.2) is 0 Å². The van der Waals surface area contributed by atoms with E-state index in [2.05, 4.69) is 0 Å². The van der Waals surface area contributed by atoms with Crippen molar-refractivity contribution >= 4 is 18.0 Å². The SMILES string of the molecule is CC(C)CN(CC(=O)N1CCC2(CCCN(C(=O)OC(C)(C)C)C2)CC1)C(N)=O. The Morgan fingerprint density at radius 3 is 2.21 bits per heavy atom. The number of primary amides is 1. The average Bonchev–Trinajstić information content (AvgIpc) is 2.60. The molecule has 8 nitrogen and oxygen atoms in total. The van der Waals surface area contributed by atoms with E-state index < -0.39 is 11.6 Å². The molecule has 0 bridgehead atoms.